The molecule has 5 heteroatoms. The lowest BCUT2D eigenvalue weighted by Gasteiger charge is -2.16. The highest BCUT2D eigenvalue weighted by molar-refractivity contribution is 5.85. The molecule has 0 aromatic carbocycles. The van der Waals surface area contributed by atoms with Crippen LogP contribution in [0.25, 0.3) is 0 Å². The van der Waals surface area contributed by atoms with Gasteiger partial charge < -0.3 is 15.5 Å². The van der Waals surface area contributed by atoms with Crippen molar-refractivity contribution in [2.24, 2.45) is 23.7 Å². The first-order valence-corrected chi connectivity index (χ1v) is 7.60. The zero-order valence-corrected chi connectivity index (χ0v) is 12.5. The summed E-state index contributed by atoms with van der Waals surface area (Å²) in [6.07, 6.45) is 3.91. The van der Waals surface area contributed by atoms with Gasteiger partial charge >= 0.3 is 5.97 Å². The lowest BCUT2D eigenvalue weighted by atomic mass is 9.95. The number of aliphatic hydroxyl groups is 1. The number of carbonyl (C=O) groups is 2. The van der Waals surface area contributed by atoms with Gasteiger partial charge in [-0.25, -0.2) is 0 Å². The van der Waals surface area contributed by atoms with Gasteiger partial charge in [0.2, 0.25) is 5.91 Å². The number of carboxylic acid groups (broad SMARTS) is 1. The number of hydrogen-bond donors (Lipinski definition) is 3. The van der Waals surface area contributed by atoms with Gasteiger partial charge in [0.15, 0.2) is 0 Å². The highest BCUT2D eigenvalue weighted by Gasteiger charge is 2.41. The summed E-state index contributed by atoms with van der Waals surface area (Å²) >= 11 is 0. The lowest BCUT2D eigenvalue weighted by molar-refractivity contribution is -0.146. The molecule has 1 aliphatic carbocycles. The summed E-state index contributed by atoms with van der Waals surface area (Å²) in [5, 5.41) is 21.0. The Hall–Kier alpha value is -1.10. The Bertz CT molecular complexity index is 332. The van der Waals surface area contributed by atoms with Gasteiger partial charge in [-0.05, 0) is 37.5 Å². The fraction of sp³-hybridized carbons (Fsp3) is 0.867. The molecule has 1 fully saturated rings. The number of nitrogens with one attached hydrogen (secondary N) is 1. The quantitative estimate of drug-likeness (QED) is 0.592. The number of carboxylic acids is 1. The van der Waals surface area contributed by atoms with Crippen molar-refractivity contribution >= 4 is 11.9 Å². The van der Waals surface area contributed by atoms with Crippen LogP contribution in [0.5, 0.6) is 0 Å². The van der Waals surface area contributed by atoms with Crippen LogP contribution in [0.4, 0.5) is 0 Å². The Balaban J connectivity index is 2.39. The van der Waals surface area contributed by atoms with E-state index >= 15 is 0 Å². The molecular weight excluding hydrogens is 258 g/mol. The molecule has 116 valence electrons. The van der Waals surface area contributed by atoms with Crippen LogP contribution in [-0.4, -0.2) is 35.2 Å². The summed E-state index contributed by atoms with van der Waals surface area (Å²) in [6.45, 7) is 4.73. The molecule has 1 rings (SSSR count). The molecule has 1 saturated carbocycles. The molecular formula is C15H27NO4. The van der Waals surface area contributed by atoms with Crippen LogP contribution < -0.4 is 5.32 Å². The molecule has 0 bridgehead atoms. The zero-order chi connectivity index (χ0) is 15.1. The molecule has 0 aromatic rings. The maximum Gasteiger partial charge on any atom is 0.307 e. The van der Waals surface area contributed by atoms with Crippen LogP contribution >= 0.6 is 0 Å². The number of carbonyl (C=O) groups excluding carboxylic acids is 1. The van der Waals surface area contributed by atoms with Crippen molar-refractivity contribution in [3.63, 3.8) is 0 Å². The third-order valence-electron chi connectivity index (χ3n) is 4.38. The van der Waals surface area contributed by atoms with E-state index in [1.165, 1.54) is 0 Å². The Morgan fingerprint density at radius 2 is 1.95 bits per heavy atom. The maximum atomic E-state index is 12.1. The minimum atomic E-state index is -0.852. The maximum absolute atomic E-state index is 12.1. The summed E-state index contributed by atoms with van der Waals surface area (Å²) < 4.78 is 0. The van der Waals surface area contributed by atoms with Crippen molar-refractivity contribution in [3.8, 4) is 0 Å². The van der Waals surface area contributed by atoms with Gasteiger partial charge in [-0.3, -0.25) is 9.59 Å². The zero-order valence-electron chi connectivity index (χ0n) is 12.5. The third kappa shape index (κ3) is 4.78. The average Bonchev–Trinajstić information content (AvgIpc) is 2.87. The summed E-state index contributed by atoms with van der Waals surface area (Å²) in [4.78, 5) is 23.3. The summed E-state index contributed by atoms with van der Waals surface area (Å²) in [7, 11) is 0. The van der Waals surface area contributed by atoms with Crippen LogP contribution in [-0.2, 0) is 9.59 Å². The number of hydrogen-bond acceptors (Lipinski definition) is 3. The summed E-state index contributed by atoms with van der Waals surface area (Å²) in [6, 6.07) is 0. The molecule has 1 aliphatic rings. The predicted octanol–water partition coefficient (Wildman–Crippen LogP) is 1.65. The highest BCUT2D eigenvalue weighted by atomic mass is 16.4. The normalized spacial score (nSPS) is 27.2. The largest absolute Gasteiger partial charge is 0.481 e. The molecule has 0 saturated heterocycles. The Morgan fingerprint density at radius 3 is 2.50 bits per heavy atom. The van der Waals surface area contributed by atoms with Crippen LogP contribution in [0.2, 0.25) is 0 Å². The van der Waals surface area contributed by atoms with E-state index in [2.05, 4.69) is 5.32 Å². The number of aliphatic hydroxyl groups excluding tert-OH is 1. The van der Waals surface area contributed by atoms with Gasteiger partial charge in [0.25, 0.3) is 0 Å². The lowest BCUT2D eigenvalue weighted by Crippen LogP contribution is -2.35. The van der Waals surface area contributed by atoms with Gasteiger partial charge in [0, 0.05) is 13.2 Å². The second-order valence-electron chi connectivity index (χ2n) is 6.02. The Morgan fingerprint density at radius 1 is 1.30 bits per heavy atom. The van der Waals surface area contributed by atoms with Crippen molar-refractivity contribution in [2.45, 2.75) is 46.0 Å². The molecule has 0 radical (unpaired) electrons. The van der Waals surface area contributed by atoms with Crippen molar-refractivity contribution in [3.05, 3.63) is 0 Å². The molecule has 0 heterocycles. The van der Waals surface area contributed by atoms with Gasteiger partial charge in [0.05, 0.1) is 11.8 Å². The van der Waals surface area contributed by atoms with Crippen molar-refractivity contribution < 1.29 is 19.8 Å². The van der Waals surface area contributed by atoms with Crippen molar-refractivity contribution in [1.82, 2.24) is 5.32 Å². The molecule has 0 aromatic heterocycles. The molecule has 3 N–H and O–H groups in total. The number of rotatable bonds is 8. The Labute approximate surface area is 120 Å². The molecule has 0 aliphatic heterocycles. The van der Waals surface area contributed by atoms with E-state index < -0.39 is 11.9 Å². The Kier molecular flexibility index (Phi) is 6.99. The summed E-state index contributed by atoms with van der Waals surface area (Å²) in [5.41, 5.74) is 0. The molecule has 4 unspecified atom stereocenters. The third-order valence-corrected chi connectivity index (χ3v) is 4.38. The standard InChI is InChI=1S/C15H27NO4/c1-3-11-7-12(13(8-11)15(19)20)14(18)16-6-4-5-10(2)9-17/h10-13,17H,3-9H2,1-2H3,(H,16,18)(H,19,20). The molecule has 20 heavy (non-hydrogen) atoms. The van der Waals surface area contributed by atoms with E-state index in [4.69, 9.17) is 5.11 Å². The SMILES string of the molecule is CCC1CC(C(=O)O)C(C(=O)NCCCC(C)CO)C1. The molecule has 0 spiro atoms. The highest BCUT2D eigenvalue weighted by Crippen LogP contribution is 2.38. The van der Waals surface area contributed by atoms with E-state index in [1.807, 2.05) is 13.8 Å². The minimum Gasteiger partial charge on any atom is -0.481 e. The first-order chi connectivity index (χ1) is 9.49. The van der Waals surface area contributed by atoms with Crippen LogP contribution in [0, 0.1) is 23.7 Å². The van der Waals surface area contributed by atoms with Gasteiger partial charge in [-0.2, -0.15) is 0 Å². The first-order valence-electron chi connectivity index (χ1n) is 7.60. The van der Waals surface area contributed by atoms with Crippen LogP contribution in [0.1, 0.15) is 46.0 Å². The van der Waals surface area contributed by atoms with Gasteiger partial charge in [-0.15, -0.1) is 0 Å². The molecule has 1 amide bonds. The molecule has 4 atom stereocenters. The minimum absolute atomic E-state index is 0.120. The van der Waals surface area contributed by atoms with Gasteiger partial charge in [0.1, 0.15) is 0 Å². The predicted molar refractivity (Wildman–Crippen MR) is 76.1 cm³/mol. The van der Waals surface area contributed by atoms with Crippen molar-refractivity contribution in [2.75, 3.05) is 13.2 Å². The van der Waals surface area contributed by atoms with E-state index in [9.17, 15) is 14.7 Å². The second kappa shape index (κ2) is 8.25. The van der Waals surface area contributed by atoms with Crippen LogP contribution in [0.3, 0.4) is 0 Å². The first kappa shape index (κ1) is 17.0. The monoisotopic (exact) mass is 285 g/mol. The van der Waals surface area contributed by atoms with Crippen LogP contribution in [0.15, 0.2) is 0 Å². The smallest absolute Gasteiger partial charge is 0.307 e. The fourth-order valence-electron chi connectivity index (χ4n) is 2.92. The van der Waals surface area contributed by atoms with E-state index in [-0.39, 0.29) is 24.3 Å². The second-order valence-corrected chi connectivity index (χ2v) is 6.02. The topological polar surface area (TPSA) is 86.6 Å². The van der Waals surface area contributed by atoms with E-state index in [0.717, 1.165) is 19.3 Å². The number of aliphatic carboxylic acids is 1. The summed E-state index contributed by atoms with van der Waals surface area (Å²) in [5.74, 6) is -1.29. The average molecular weight is 285 g/mol. The number of amides is 1. The van der Waals surface area contributed by atoms with E-state index in [1.54, 1.807) is 0 Å². The van der Waals surface area contributed by atoms with Crippen molar-refractivity contribution in [1.29, 1.82) is 0 Å². The molecule has 5 nitrogen and oxygen atoms in total. The van der Waals surface area contributed by atoms with Gasteiger partial charge in [-0.1, -0.05) is 20.3 Å². The van der Waals surface area contributed by atoms with E-state index in [0.29, 0.717) is 25.3 Å². The fourth-order valence-corrected chi connectivity index (χ4v) is 2.92.